The molecule has 0 radical (unpaired) electrons. The summed E-state index contributed by atoms with van der Waals surface area (Å²) in [4.78, 5) is 68.9. The fourth-order valence-corrected chi connectivity index (χ4v) is 6.18. The van der Waals surface area contributed by atoms with Crippen molar-refractivity contribution < 1.29 is 92.4 Å². The van der Waals surface area contributed by atoms with E-state index in [2.05, 4.69) is 9.51 Å². The summed E-state index contributed by atoms with van der Waals surface area (Å²) >= 11 is 1.50. The van der Waals surface area contributed by atoms with Gasteiger partial charge >= 0.3 is 59.1 Å². The normalized spacial score (nSPS) is 19.6. The van der Waals surface area contributed by atoms with Gasteiger partial charge in [0.1, 0.15) is 25.8 Å². The van der Waals surface area contributed by atoms with Gasteiger partial charge in [0.05, 0.1) is 28.8 Å². The number of piperazine rings is 1. The Morgan fingerprint density at radius 3 is 2.45 bits per heavy atom. The predicted octanol–water partition coefficient (Wildman–Crippen LogP) is -5.67. The van der Waals surface area contributed by atoms with Gasteiger partial charge in [0.25, 0.3) is 0 Å². The summed E-state index contributed by atoms with van der Waals surface area (Å²) in [5.74, 6) is -0.947. The second-order valence-corrected chi connectivity index (χ2v) is 11.2. The third-order valence-corrected chi connectivity index (χ3v) is 7.83. The van der Waals surface area contributed by atoms with Crippen molar-refractivity contribution in [2.24, 2.45) is 0 Å². The Kier molecular flexibility index (Phi) is 11.0. The largest absolute Gasteiger partial charge is 1.00 e. The molecule has 0 saturated carbocycles. The average Bonchev–Trinajstić information content (AvgIpc) is 3.29. The number of hydrogen-bond donors (Lipinski definition) is 0. The van der Waals surface area contributed by atoms with Crippen LogP contribution in [0.1, 0.15) is 18.1 Å². The number of carbonyl (C=O) groups excluding carboxylic acids is 3. The Morgan fingerprint density at radius 2 is 1.80 bits per heavy atom. The Hall–Kier alpha value is -1.35. The van der Waals surface area contributed by atoms with Gasteiger partial charge < -0.3 is 28.7 Å². The van der Waals surface area contributed by atoms with Crippen molar-refractivity contribution in [3.8, 4) is 5.75 Å². The zero-order chi connectivity index (χ0) is 27.2. The first kappa shape index (κ1) is 33.2. The quantitative estimate of drug-likeness (QED) is 0.199. The second kappa shape index (κ2) is 13.3. The topological polar surface area (TPSA) is 149 Å². The summed E-state index contributed by atoms with van der Waals surface area (Å²) in [6.45, 7) is 1.78. The molecule has 3 aromatic rings. The number of thiazole rings is 1. The molecule has 2 saturated heterocycles. The van der Waals surface area contributed by atoms with E-state index in [1.165, 1.54) is 52.4 Å². The molecule has 5 rings (SSSR count). The standard InChI is InChI=1S/C24H26N5O7PS.2Na/c1-15(30)29-22-12-27(11-17-5-8-19-21(10-17)38-14-25-19)24(32)20(28(22)23(31)13-26(29)2)9-16-3-6-18(7-4-16)36-37(33,34)35;;/h3-8,10,14,20,22H,9,11-13H2,1-2H3,(H2,33,34,35);;/q;2*+1/p-2/t20-,22-;;/m0../s1. The zero-order valence-electron chi connectivity index (χ0n) is 22.6. The summed E-state index contributed by atoms with van der Waals surface area (Å²) in [5.41, 5.74) is 4.14. The molecule has 200 valence electrons. The maximum Gasteiger partial charge on any atom is 1.00 e. The average molecular weight is 604 g/mol. The van der Waals surface area contributed by atoms with Crippen molar-refractivity contribution in [3.63, 3.8) is 0 Å². The molecule has 12 nitrogen and oxygen atoms in total. The third kappa shape index (κ3) is 7.16. The number of phosphoric acid groups is 1. The van der Waals surface area contributed by atoms with Crippen LogP contribution in [0, 0.1) is 0 Å². The van der Waals surface area contributed by atoms with Crippen LogP contribution in [-0.4, -0.2) is 74.9 Å². The first-order valence-corrected chi connectivity index (χ1v) is 14.1. The van der Waals surface area contributed by atoms with Crippen LogP contribution in [0.4, 0.5) is 0 Å². The fourth-order valence-electron chi connectivity index (χ4n) is 5.06. The first-order valence-electron chi connectivity index (χ1n) is 11.7. The van der Waals surface area contributed by atoms with Crippen LogP contribution in [0.2, 0.25) is 0 Å². The Bertz CT molecular complexity index is 1450. The zero-order valence-corrected chi connectivity index (χ0v) is 28.3. The van der Waals surface area contributed by atoms with Crippen molar-refractivity contribution in [2.45, 2.75) is 32.1 Å². The molecule has 1 aromatic heterocycles. The van der Waals surface area contributed by atoms with Gasteiger partial charge in [-0.15, -0.1) is 11.3 Å². The van der Waals surface area contributed by atoms with E-state index in [-0.39, 0.29) is 109 Å². The molecule has 2 aliphatic rings. The van der Waals surface area contributed by atoms with Gasteiger partial charge in [0.2, 0.25) is 17.7 Å². The number of phosphoric ester groups is 1. The van der Waals surface area contributed by atoms with Crippen molar-refractivity contribution in [3.05, 3.63) is 59.1 Å². The van der Waals surface area contributed by atoms with Crippen LogP contribution in [0.3, 0.4) is 0 Å². The van der Waals surface area contributed by atoms with Crippen molar-refractivity contribution in [1.29, 1.82) is 0 Å². The first-order chi connectivity index (χ1) is 18.0. The molecule has 3 heterocycles. The molecule has 40 heavy (non-hydrogen) atoms. The Balaban J connectivity index is 0.00000220. The third-order valence-electron chi connectivity index (χ3n) is 6.60. The van der Waals surface area contributed by atoms with Gasteiger partial charge in [-0.2, -0.15) is 0 Å². The van der Waals surface area contributed by atoms with E-state index in [4.69, 9.17) is 0 Å². The van der Waals surface area contributed by atoms with E-state index in [0.29, 0.717) is 5.56 Å². The van der Waals surface area contributed by atoms with E-state index in [0.717, 1.165) is 15.8 Å². The number of fused-ring (bicyclic) bond motifs is 2. The molecule has 0 N–H and O–H groups in total. The van der Waals surface area contributed by atoms with Crippen molar-refractivity contribution >= 4 is 47.1 Å². The number of hydrogen-bond acceptors (Lipinski definition) is 10. The smallest absolute Gasteiger partial charge is 0.780 e. The molecule has 2 fully saturated rings. The molecular weight excluding hydrogens is 579 g/mol. The maximum absolute atomic E-state index is 13.8. The monoisotopic (exact) mass is 603 g/mol. The van der Waals surface area contributed by atoms with E-state index in [9.17, 15) is 28.7 Å². The van der Waals surface area contributed by atoms with Gasteiger partial charge in [0.15, 0.2) is 0 Å². The summed E-state index contributed by atoms with van der Waals surface area (Å²) in [7, 11) is -3.55. The number of rotatable bonds is 6. The number of carbonyl (C=O) groups is 3. The number of nitrogens with zero attached hydrogens (tertiary/aromatic N) is 5. The maximum atomic E-state index is 13.8. The SMILES string of the molecule is CC(=O)N1[C@H]2CN(Cc3ccc4ncsc4c3)C(=O)[C@H](Cc3ccc(OP(=O)([O-])[O-])cc3)N2C(=O)CN1C.[Na+].[Na+]. The number of aromatic nitrogens is 1. The Labute approximate surface area is 279 Å². The molecule has 2 atom stereocenters. The van der Waals surface area contributed by atoms with Gasteiger partial charge in [-0.05, 0) is 35.4 Å². The van der Waals surface area contributed by atoms with E-state index >= 15 is 0 Å². The predicted molar refractivity (Wildman–Crippen MR) is 133 cm³/mol. The molecule has 0 bridgehead atoms. The molecule has 16 heteroatoms. The van der Waals surface area contributed by atoms with Crippen LogP contribution < -0.4 is 73.4 Å². The molecule has 3 amide bonds. The van der Waals surface area contributed by atoms with E-state index in [1.54, 1.807) is 22.5 Å². The molecule has 2 aliphatic heterocycles. The molecule has 2 aromatic carbocycles. The summed E-state index contributed by atoms with van der Waals surface area (Å²) in [5, 5.41) is 3.06. The molecule has 0 spiro atoms. The van der Waals surface area contributed by atoms with Crippen molar-refractivity contribution in [2.75, 3.05) is 20.1 Å². The van der Waals surface area contributed by atoms with Crippen LogP contribution in [0.15, 0.2) is 48.0 Å². The number of amides is 3. The van der Waals surface area contributed by atoms with Crippen LogP contribution in [0.5, 0.6) is 5.75 Å². The van der Waals surface area contributed by atoms with Gasteiger partial charge in [-0.3, -0.25) is 19.4 Å². The van der Waals surface area contributed by atoms with Crippen LogP contribution >= 0.6 is 19.2 Å². The van der Waals surface area contributed by atoms with Crippen molar-refractivity contribution in [1.82, 2.24) is 24.8 Å². The Morgan fingerprint density at radius 1 is 1.12 bits per heavy atom. The fraction of sp³-hybridized carbons (Fsp3) is 0.333. The van der Waals surface area contributed by atoms with E-state index < -0.39 is 20.0 Å². The van der Waals surface area contributed by atoms with Crippen LogP contribution in [-0.2, 0) is 31.9 Å². The summed E-state index contributed by atoms with van der Waals surface area (Å²) in [6.07, 6.45) is -0.573. The summed E-state index contributed by atoms with van der Waals surface area (Å²) in [6, 6.07) is 10.6. The van der Waals surface area contributed by atoms with Gasteiger partial charge in [0, 0.05) is 26.9 Å². The summed E-state index contributed by atoms with van der Waals surface area (Å²) < 4.78 is 16.3. The second-order valence-electron chi connectivity index (χ2n) is 9.24. The number of hydrazine groups is 1. The minimum Gasteiger partial charge on any atom is -0.780 e. The van der Waals surface area contributed by atoms with Gasteiger partial charge in [-0.1, -0.05) is 18.2 Å². The number of benzene rings is 2. The van der Waals surface area contributed by atoms with Gasteiger partial charge in [-0.25, -0.2) is 9.99 Å². The number of likely N-dealkylation sites (N-methyl/N-ethyl adjacent to an activating group) is 1. The molecule has 0 aliphatic carbocycles. The van der Waals surface area contributed by atoms with E-state index in [1.807, 2.05) is 18.2 Å². The minimum absolute atomic E-state index is 0. The van der Waals surface area contributed by atoms with Crippen LogP contribution in [0.25, 0.3) is 10.2 Å². The minimum atomic E-state index is -5.21. The molecule has 0 unspecified atom stereocenters. The molecular formula is C24H24N5Na2O7PS.